The van der Waals surface area contributed by atoms with Crippen LogP contribution < -0.4 is 0 Å². The Morgan fingerprint density at radius 3 is 1.00 bits per heavy atom. The summed E-state index contributed by atoms with van der Waals surface area (Å²) in [5.41, 5.74) is 23.7. The van der Waals surface area contributed by atoms with Gasteiger partial charge in [-0.15, -0.1) is 0 Å². The summed E-state index contributed by atoms with van der Waals surface area (Å²) in [7, 11) is 0. The van der Waals surface area contributed by atoms with Gasteiger partial charge in [0, 0.05) is 22.8 Å². The summed E-state index contributed by atoms with van der Waals surface area (Å²) >= 11 is 2.01. The van der Waals surface area contributed by atoms with E-state index < -0.39 is 0 Å². The fraction of sp³-hybridized carbons (Fsp3) is 0.750. The van der Waals surface area contributed by atoms with Crippen LogP contribution in [0.15, 0.2) is 48.0 Å². The molecular formula is C64H110N2Ni. The molecule has 0 unspecified atom stereocenters. The van der Waals surface area contributed by atoms with Crippen LogP contribution in [0.5, 0.6) is 0 Å². The van der Waals surface area contributed by atoms with Crippen LogP contribution in [0.1, 0.15) is 307 Å². The van der Waals surface area contributed by atoms with Crippen LogP contribution in [0, 0.1) is 0 Å². The summed E-state index contributed by atoms with van der Waals surface area (Å²) in [4.78, 5) is 0. The number of aryl methyl sites for hydroxylation is 4. The summed E-state index contributed by atoms with van der Waals surface area (Å²) in [6, 6.07) is 14.5. The zero-order valence-electron chi connectivity index (χ0n) is 45.7. The second kappa shape index (κ2) is 42.9. The third kappa shape index (κ3) is 29.1. The first kappa shape index (κ1) is 61.1. The Balaban J connectivity index is 0.000000766. The molecular weight excluding hydrogens is 855 g/mol. The topological polar surface area (TPSA) is 25.3 Å². The van der Waals surface area contributed by atoms with Gasteiger partial charge in [-0.2, -0.15) is 0 Å². The Hall–Kier alpha value is -1.99. The van der Waals surface area contributed by atoms with Crippen molar-refractivity contribution in [2.45, 2.75) is 310 Å². The van der Waals surface area contributed by atoms with Gasteiger partial charge in [0.05, 0.1) is 0 Å². The first-order valence-corrected chi connectivity index (χ1v) is 31.0. The molecule has 0 radical (unpaired) electrons. The van der Waals surface area contributed by atoms with Crippen molar-refractivity contribution in [1.29, 1.82) is 0 Å². The number of hydrogen-bond donors (Lipinski definition) is 0. The third-order valence-corrected chi connectivity index (χ3v) is 15.4. The number of unbranched alkanes of at least 4 members (excludes halogenated alkanes) is 27. The molecule has 0 saturated carbocycles. The summed E-state index contributed by atoms with van der Waals surface area (Å²) in [6.07, 6.45) is 53.6. The van der Waals surface area contributed by atoms with Gasteiger partial charge < -0.3 is 5.53 Å². The first-order chi connectivity index (χ1) is 33.0. The van der Waals surface area contributed by atoms with Gasteiger partial charge in [0.1, 0.15) is 0 Å². The van der Waals surface area contributed by atoms with E-state index in [4.69, 9.17) is 0 Å². The monoisotopic (exact) mass is 965 g/mol. The number of allylic oxidation sites excluding steroid dienone is 2. The SMILES string of the molecule is CCCCCCCCC1=C(c2cc(CCCC)cc(CCCCCCCC)c2)[N+](=[N-])C(c2cc(CCCC)cc(CCCCCCCC)c2)=C1.CCCCCCC[CH2][Ni][CH2]CCCCCCC. The predicted octanol–water partition coefficient (Wildman–Crippen LogP) is 22.4. The van der Waals surface area contributed by atoms with Crippen molar-refractivity contribution in [3.8, 4) is 0 Å². The van der Waals surface area contributed by atoms with Crippen LogP contribution in [0.25, 0.3) is 16.9 Å². The average Bonchev–Trinajstić information content (AvgIpc) is 3.67. The van der Waals surface area contributed by atoms with Gasteiger partial charge in [-0.25, -0.2) is 4.70 Å². The molecule has 0 amide bonds. The quantitative estimate of drug-likeness (QED) is 0.0360. The molecule has 67 heavy (non-hydrogen) atoms. The van der Waals surface area contributed by atoms with Crippen LogP contribution in [0.3, 0.4) is 0 Å². The van der Waals surface area contributed by atoms with E-state index in [0.29, 0.717) is 0 Å². The molecule has 386 valence electrons. The number of rotatable bonds is 43. The average molecular weight is 966 g/mol. The first-order valence-electron chi connectivity index (χ1n) is 29.6. The normalized spacial score (nSPS) is 12.6. The van der Waals surface area contributed by atoms with Gasteiger partial charge in [0.25, 0.3) is 0 Å². The molecule has 1 aliphatic rings. The molecule has 0 aliphatic carbocycles. The second-order valence-electron chi connectivity index (χ2n) is 20.6. The summed E-state index contributed by atoms with van der Waals surface area (Å²) in [5.74, 6) is 0. The van der Waals surface area contributed by atoms with Crippen molar-refractivity contribution < 1.29 is 19.1 Å². The molecule has 0 bridgehead atoms. The standard InChI is InChI=1S/C48H76N2.2C8H17.Ni/c1-6-11-16-19-22-25-30-42-33-40(28-14-9-4)35-45(36-42)47-39-44(32-27-24-21-18-13-8-3)48(50(47)49)46-37-41(29-15-10-5)34-43(38-46)31-26-23-20-17-12-7-2;2*1-3-5-7-8-6-4-2;/h33-39H,6-32H2,1-5H3;2*1,3-8H2,2H3;. The van der Waals surface area contributed by atoms with Crippen molar-refractivity contribution in [3.05, 3.63) is 87.0 Å². The Bertz CT molecular complexity index is 1550. The zero-order chi connectivity index (χ0) is 48.4. The minimum atomic E-state index is 0.972. The third-order valence-electron chi connectivity index (χ3n) is 14.0. The van der Waals surface area contributed by atoms with Crippen LogP contribution >= 0.6 is 0 Å². The molecule has 0 fully saturated rings. The van der Waals surface area contributed by atoms with Crippen LogP contribution in [0.2, 0.25) is 10.8 Å². The molecule has 0 aromatic heterocycles. The fourth-order valence-corrected chi connectivity index (χ4v) is 10.9. The molecule has 3 heteroatoms. The summed E-state index contributed by atoms with van der Waals surface area (Å²) < 4.78 is 1.59. The molecule has 2 aromatic rings. The Morgan fingerprint density at radius 2 is 0.627 bits per heavy atom. The van der Waals surface area contributed by atoms with Gasteiger partial charge in [-0.1, -0.05) is 156 Å². The van der Waals surface area contributed by atoms with Gasteiger partial charge in [0.15, 0.2) is 0 Å². The van der Waals surface area contributed by atoms with E-state index >= 15 is 0 Å². The molecule has 2 aromatic carbocycles. The second-order valence-corrected chi connectivity index (χ2v) is 22.0. The molecule has 0 spiro atoms. The van der Waals surface area contributed by atoms with E-state index in [1.165, 1.54) is 268 Å². The maximum atomic E-state index is 12.2. The van der Waals surface area contributed by atoms with Gasteiger partial charge in [-0.3, -0.25) is 0 Å². The number of nitrogens with zero attached hydrogens (tertiary/aromatic N) is 2. The van der Waals surface area contributed by atoms with Crippen molar-refractivity contribution in [1.82, 2.24) is 0 Å². The van der Waals surface area contributed by atoms with E-state index in [9.17, 15) is 5.53 Å². The maximum absolute atomic E-state index is 12.2. The molecule has 0 saturated heterocycles. The number of benzene rings is 2. The molecule has 0 atom stereocenters. The molecule has 0 N–H and O–H groups in total. The van der Waals surface area contributed by atoms with E-state index in [1.54, 1.807) is 4.70 Å². The summed E-state index contributed by atoms with van der Waals surface area (Å²) in [5, 5.41) is 2.85. The predicted molar refractivity (Wildman–Crippen MR) is 297 cm³/mol. The van der Waals surface area contributed by atoms with E-state index in [1.807, 2.05) is 14.4 Å². The van der Waals surface area contributed by atoms with Crippen molar-refractivity contribution in [2.24, 2.45) is 0 Å². The number of hydrogen-bond acceptors (Lipinski definition) is 0. The van der Waals surface area contributed by atoms with Crippen molar-refractivity contribution in [2.75, 3.05) is 0 Å². The summed E-state index contributed by atoms with van der Waals surface area (Å²) in [6.45, 7) is 16.0. The van der Waals surface area contributed by atoms with Crippen molar-refractivity contribution >= 4 is 11.4 Å². The van der Waals surface area contributed by atoms with Gasteiger partial charge in [0.2, 0.25) is 11.4 Å². The molecule has 1 heterocycles. The van der Waals surface area contributed by atoms with Gasteiger partial charge in [-0.05, 0) is 111 Å². The molecule has 2 nitrogen and oxygen atoms in total. The zero-order valence-corrected chi connectivity index (χ0v) is 46.7. The van der Waals surface area contributed by atoms with Gasteiger partial charge >= 0.3 is 116 Å². The molecule has 1 aliphatic heterocycles. The van der Waals surface area contributed by atoms with Crippen LogP contribution in [-0.2, 0) is 40.1 Å². The fourth-order valence-electron chi connectivity index (χ4n) is 9.67. The van der Waals surface area contributed by atoms with Crippen LogP contribution in [0.4, 0.5) is 0 Å². The Kier molecular flexibility index (Phi) is 39.1. The van der Waals surface area contributed by atoms with Crippen LogP contribution in [-0.4, -0.2) is 4.70 Å². The van der Waals surface area contributed by atoms with E-state index in [2.05, 4.69) is 90.9 Å². The van der Waals surface area contributed by atoms with Crippen molar-refractivity contribution in [3.63, 3.8) is 0 Å². The Morgan fingerprint density at radius 1 is 0.328 bits per heavy atom. The van der Waals surface area contributed by atoms with E-state index in [0.717, 1.165) is 43.5 Å². The minimum absolute atomic E-state index is 0.972. The van der Waals surface area contributed by atoms with E-state index in [-0.39, 0.29) is 0 Å². The molecule has 3 rings (SSSR count). The Labute approximate surface area is 424 Å².